The van der Waals surface area contributed by atoms with Gasteiger partial charge in [-0.15, -0.1) is 0 Å². The second kappa shape index (κ2) is 10.7. The van der Waals surface area contributed by atoms with Crippen molar-refractivity contribution in [2.24, 2.45) is 0 Å². The highest BCUT2D eigenvalue weighted by Crippen LogP contribution is 2.28. The van der Waals surface area contributed by atoms with Crippen LogP contribution in [0.25, 0.3) is 0 Å². The molecule has 8 nitrogen and oxygen atoms in total. The average molecular weight is 463 g/mol. The molecule has 2 aromatic carbocycles. The van der Waals surface area contributed by atoms with Gasteiger partial charge in [-0.3, -0.25) is 4.79 Å². The highest BCUT2D eigenvalue weighted by atomic mass is 32.2. The first kappa shape index (κ1) is 23.9. The zero-order valence-corrected chi connectivity index (χ0v) is 19.5. The number of amides is 1. The number of hydrogen-bond donors (Lipinski definition) is 1. The summed E-state index contributed by atoms with van der Waals surface area (Å²) in [6.45, 7) is 1.36. The maximum atomic E-state index is 13.0. The molecule has 0 saturated carbocycles. The number of rotatable bonds is 9. The van der Waals surface area contributed by atoms with E-state index in [4.69, 9.17) is 14.2 Å². The van der Waals surface area contributed by atoms with Crippen molar-refractivity contribution in [3.05, 3.63) is 47.5 Å². The molecule has 0 unspecified atom stereocenters. The molecule has 0 atom stereocenters. The maximum Gasteiger partial charge on any atom is 0.255 e. The van der Waals surface area contributed by atoms with Crippen LogP contribution < -0.4 is 19.5 Å². The summed E-state index contributed by atoms with van der Waals surface area (Å²) in [4.78, 5) is 13.0. The van der Waals surface area contributed by atoms with Gasteiger partial charge in [-0.1, -0.05) is 12.5 Å². The van der Waals surface area contributed by atoms with Gasteiger partial charge in [0.15, 0.2) is 11.5 Å². The lowest BCUT2D eigenvalue weighted by molar-refractivity contribution is 0.0951. The summed E-state index contributed by atoms with van der Waals surface area (Å²) in [5.74, 6) is 1.19. The molecule has 9 heteroatoms. The fourth-order valence-corrected chi connectivity index (χ4v) is 5.27. The normalized spacial score (nSPS) is 14.6. The lowest BCUT2D eigenvalue weighted by Gasteiger charge is -2.26. The van der Waals surface area contributed by atoms with Gasteiger partial charge in [0.25, 0.3) is 5.91 Å². The summed E-state index contributed by atoms with van der Waals surface area (Å²) in [5.41, 5.74) is 1.16. The molecule has 1 aliphatic rings. The van der Waals surface area contributed by atoms with Gasteiger partial charge in [0.1, 0.15) is 5.75 Å². The third-order valence-electron chi connectivity index (χ3n) is 5.52. The van der Waals surface area contributed by atoms with Crippen LogP contribution in [0.3, 0.4) is 0 Å². The Balaban J connectivity index is 1.72. The minimum atomic E-state index is -3.65. The maximum absolute atomic E-state index is 13.0. The number of nitrogens with one attached hydrogen (secondary N) is 1. The van der Waals surface area contributed by atoms with E-state index in [1.807, 2.05) is 18.2 Å². The number of nitrogens with zero attached hydrogens (tertiary/aromatic N) is 1. The number of piperidine rings is 1. The van der Waals surface area contributed by atoms with Crippen LogP contribution >= 0.6 is 0 Å². The first-order valence-electron chi connectivity index (χ1n) is 10.6. The quantitative estimate of drug-likeness (QED) is 0.616. The first-order valence-corrected chi connectivity index (χ1v) is 12.0. The molecule has 2 aromatic rings. The lowest BCUT2D eigenvalue weighted by Crippen LogP contribution is -2.35. The standard InChI is InChI=1S/C23H30N2O6S/c1-29-20-10-8-18(32(27,28)25-13-5-4-6-14-25)16-19(20)23(26)24-12-11-17-7-9-21(30-2)22(15-17)31-3/h7-10,15-16H,4-6,11-14H2,1-3H3,(H,24,26). The van der Waals surface area contributed by atoms with Gasteiger partial charge in [0.05, 0.1) is 31.8 Å². The summed E-state index contributed by atoms with van der Waals surface area (Å²) in [6, 6.07) is 9.99. The molecule has 0 aliphatic carbocycles. The van der Waals surface area contributed by atoms with Crippen LogP contribution in [0, 0.1) is 0 Å². The number of carbonyl (C=O) groups is 1. The van der Waals surface area contributed by atoms with Gasteiger partial charge in [0, 0.05) is 19.6 Å². The minimum Gasteiger partial charge on any atom is -0.496 e. The number of benzene rings is 2. The number of ether oxygens (including phenoxy) is 3. The number of methoxy groups -OCH3 is 3. The largest absolute Gasteiger partial charge is 0.496 e. The Bertz CT molecular complexity index is 1050. The lowest BCUT2D eigenvalue weighted by atomic mass is 10.1. The summed E-state index contributed by atoms with van der Waals surface area (Å²) < 4.78 is 43.3. The van der Waals surface area contributed by atoms with Crippen molar-refractivity contribution in [2.45, 2.75) is 30.6 Å². The van der Waals surface area contributed by atoms with E-state index < -0.39 is 15.9 Å². The van der Waals surface area contributed by atoms with Gasteiger partial charge in [-0.05, 0) is 55.2 Å². The Hall–Kier alpha value is -2.78. The van der Waals surface area contributed by atoms with Crippen LogP contribution in [0.1, 0.15) is 35.2 Å². The predicted octanol–water partition coefficient (Wildman–Crippen LogP) is 2.86. The fourth-order valence-electron chi connectivity index (χ4n) is 3.73. The van der Waals surface area contributed by atoms with Crippen LogP contribution in [-0.4, -0.2) is 59.6 Å². The van der Waals surface area contributed by atoms with Crippen molar-refractivity contribution >= 4 is 15.9 Å². The van der Waals surface area contributed by atoms with Crippen LogP contribution in [-0.2, 0) is 16.4 Å². The van der Waals surface area contributed by atoms with Crippen molar-refractivity contribution in [1.29, 1.82) is 0 Å². The van der Waals surface area contributed by atoms with Crippen LogP contribution in [0.4, 0.5) is 0 Å². The Labute approximate surface area is 189 Å². The van der Waals surface area contributed by atoms with Crippen molar-refractivity contribution in [1.82, 2.24) is 9.62 Å². The Morgan fingerprint density at radius 1 is 0.906 bits per heavy atom. The highest BCUT2D eigenvalue weighted by Gasteiger charge is 2.27. The molecule has 0 spiro atoms. The van der Waals surface area contributed by atoms with E-state index >= 15 is 0 Å². The Kier molecular flexibility index (Phi) is 7.98. The van der Waals surface area contributed by atoms with Crippen molar-refractivity contribution < 1.29 is 27.4 Å². The van der Waals surface area contributed by atoms with Crippen molar-refractivity contribution in [3.63, 3.8) is 0 Å². The summed E-state index contributed by atoms with van der Waals surface area (Å²) in [7, 11) is 0.948. The molecule has 1 N–H and O–H groups in total. The van der Waals surface area contributed by atoms with Crippen molar-refractivity contribution in [2.75, 3.05) is 41.0 Å². The molecular weight excluding hydrogens is 432 g/mol. The summed E-state index contributed by atoms with van der Waals surface area (Å²) in [5, 5.41) is 2.85. The number of hydrogen-bond acceptors (Lipinski definition) is 6. The second-order valence-corrected chi connectivity index (χ2v) is 9.46. The van der Waals surface area contributed by atoms with E-state index in [0.29, 0.717) is 43.3 Å². The van der Waals surface area contributed by atoms with E-state index in [1.165, 1.54) is 29.6 Å². The van der Waals surface area contributed by atoms with E-state index in [0.717, 1.165) is 24.8 Å². The predicted molar refractivity (Wildman–Crippen MR) is 121 cm³/mol. The molecule has 32 heavy (non-hydrogen) atoms. The molecule has 1 amide bonds. The molecule has 1 saturated heterocycles. The third kappa shape index (κ3) is 5.34. The van der Waals surface area contributed by atoms with E-state index in [2.05, 4.69) is 5.32 Å². The van der Waals surface area contributed by atoms with Crippen LogP contribution in [0.15, 0.2) is 41.3 Å². The van der Waals surface area contributed by atoms with Gasteiger partial charge < -0.3 is 19.5 Å². The zero-order chi connectivity index (χ0) is 23.1. The van der Waals surface area contributed by atoms with Gasteiger partial charge in [-0.25, -0.2) is 8.42 Å². The molecule has 174 valence electrons. The van der Waals surface area contributed by atoms with E-state index in [1.54, 1.807) is 14.2 Å². The monoisotopic (exact) mass is 462 g/mol. The van der Waals surface area contributed by atoms with Crippen LogP contribution in [0.5, 0.6) is 17.2 Å². The molecule has 3 rings (SSSR count). The third-order valence-corrected chi connectivity index (χ3v) is 7.41. The minimum absolute atomic E-state index is 0.102. The van der Waals surface area contributed by atoms with E-state index in [-0.39, 0.29) is 10.5 Å². The molecule has 0 bridgehead atoms. The molecule has 0 radical (unpaired) electrons. The smallest absolute Gasteiger partial charge is 0.255 e. The molecular formula is C23H30N2O6S. The number of carbonyl (C=O) groups excluding carboxylic acids is 1. The highest BCUT2D eigenvalue weighted by molar-refractivity contribution is 7.89. The molecule has 0 aromatic heterocycles. The van der Waals surface area contributed by atoms with Crippen LogP contribution in [0.2, 0.25) is 0 Å². The zero-order valence-electron chi connectivity index (χ0n) is 18.7. The van der Waals surface area contributed by atoms with E-state index in [9.17, 15) is 13.2 Å². The number of sulfonamides is 1. The Morgan fingerprint density at radius 2 is 1.56 bits per heavy atom. The summed E-state index contributed by atoms with van der Waals surface area (Å²) in [6.07, 6.45) is 3.29. The first-order chi connectivity index (χ1) is 15.4. The fraction of sp³-hybridized carbons (Fsp3) is 0.435. The second-order valence-electron chi connectivity index (χ2n) is 7.52. The molecule has 1 heterocycles. The van der Waals surface area contributed by atoms with Gasteiger partial charge in [0.2, 0.25) is 10.0 Å². The van der Waals surface area contributed by atoms with Gasteiger partial charge in [-0.2, -0.15) is 4.31 Å². The SMILES string of the molecule is COc1ccc(CCNC(=O)c2cc(S(=O)(=O)N3CCCCC3)ccc2OC)cc1OC. The molecule has 1 aliphatic heterocycles. The molecule has 1 fully saturated rings. The topological polar surface area (TPSA) is 94.2 Å². The summed E-state index contributed by atoms with van der Waals surface area (Å²) >= 11 is 0. The van der Waals surface area contributed by atoms with Gasteiger partial charge >= 0.3 is 0 Å². The van der Waals surface area contributed by atoms with Crippen molar-refractivity contribution in [3.8, 4) is 17.2 Å². The Morgan fingerprint density at radius 3 is 2.22 bits per heavy atom. The average Bonchev–Trinajstić information content (AvgIpc) is 2.83.